The number of rotatable bonds is 5. The molecule has 1 aliphatic rings. The van der Waals surface area contributed by atoms with Crippen molar-refractivity contribution in [3.05, 3.63) is 62.2 Å². The van der Waals surface area contributed by atoms with Crippen molar-refractivity contribution in [3.8, 4) is 5.75 Å². The van der Waals surface area contributed by atoms with Gasteiger partial charge in [0.05, 0.1) is 15.9 Å². The summed E-state index contributed by atoms with van der Waals surface area (Å²) in [6.07, 6.45) is 0. The minimum atomic E-state index is -3.93. The summed E-state index contributed by atoms with van der Waals surface area (Å²) in [4.78, 5) is 22.2. The quantitative estimate of drug-likeness (QED) is 0.568. The topological polar surface area (TPSA) is 147 Å². The number of hydrogen-bond acceptors (Lipinski definition) is 8. The number of benzene rings is 2. The lowest BCUT2D eigenvalue weighted by Gasteiger charge is -2.35. The number of phenols is 1. The van der Waals surface area contributed by atoms with E-state index in [0.717, 1.165) is 6.07 Å². The van der Waals surface area contributed by atoms with Gasteiger partial charge in [-0.1, -0.05) is 6.07 Å². The van der Waals surface area contributed by atoms with Gasteiger partial charge >= 0.3 is 0 Å². The Morgan fingerprint density at radius 2 is 1.62 bits per heavy atom. The monoisotopic (exact) mass is 422 g/mol. The number of nitro groups is 2. The van der Waals surface area contributed by atoms with E-state index in [9.17, 15) is 33.8 Å². The van der Waals surface area contributed by atoms with Gasteiger partial charge in [0.1, 0.15) is 16.3 Å². The SMILES string of the molecule is Cc1ccc(O)c(S(=O)(=O)N2CCN(c3ccc([N+](=O)[O-])cc3[N+](=O)[O-])CC2)c1. The van der Waals surface area contributed by atoms with E-state index in [0.29, 0.717) is 5.56 Å². The number of aromatic hydroxyl groups is 1. The molecule has 0 spiro atoms. The number of hydrogen-bond donors (Lipinski definition) is 1. The van der Waals surface area contributed by atoms with Gasteiger partial charge in [-0.15, -0.1) is 0 Å². The van der Waals surface area contributed by atoms with Crippen molar-refractivity contribution in [1.82, 2.24) is 4.31 Å². The van der Waals surface area contributed by atoms with Crippen LogP contribution in [0.1, 0.15) is 5.56 Å². The van der Waals surface area contributed by atoms with Gasteiger partial charge in [-0.25, -0.2) is 8.42 Å². The van der Waals surface area contributed by atoms with Crippen molar-refractivity contribution in [2.75, 3.05) is 31.1 Å². The molecule has 1 aliphatic heterocycles. The molecule has 1 fully saturated rings. The molecule has 12 heteroatoms. The molecule has 1 saturated heterocycles. The molecule has 11 nitrogen and oxygen atoms in total. The molecule has 2 aromatic carbocycles. The van der Waals surface area contributed by atoms with Crippen molar-refractivity contribution in [1.29, 1.82) is 0 Å². The summed E-state index contributed by atoms with van der Waals surface area (Å²) in [7, 11) is -3.93. The van der Waals surface area contributed by atoms with E-state index < -0.39 is 31.2 Å². The van der Waals surface area contributed by atoms with E-state index >= 15 is 0 Å². The van der Waals surface area contributed by atoms with Crippen LogP contribution in [0.5, 0.6) is 5.75 Å². The fraction of sp³-hybridized carbons (Fsp3) is 0.294. The van der Waals surface area contributed by atoms with Gasteiger partial charge in [-0.2, -0.15) is 4.31 Å². The second kappa shape index (κ2) is 7.64. The average Bonchev–Trinajstić information content (AvgIpc) is 2.69. The zero-order valence-electron chi connectivity index (χ0n) is 15.4. The minimum absolute atomic E-state index is 0.0455. The van der Waals surface area contributed by atoms with Crippen molar-refractivity contribution < 1.29 is 23.4 Å². The van der Waals surface area contributed by atoms with Gasteiger partial charge in [-0.3, -0.25) is 20.2 Å². The molecule has 29 heavy (non-hydrogen) atoms. The summed E-state index contributed by atoms with van der Waals surface area (Å²) < 4.78 is 26.9. The van der Waals surface area contributed by atoms with Crippen LogP contribution in [0.2, 0.25) is 0 Å². The number of nitrogens with zero attached hydrogens (tertiary/aromatic N) is 4. The molecule has 0 bridgehead atoms. The van der Waals surface area contributed by atoms with Crippen LogP contribution in [0, 0.1) is 27.2 Å². The highest BCUT2D eigenvalue weighted by atomic mass is 32.2. The van der Waals surface area contributed by atoms with Gasteiger partial charge in [0, 0.05) is 32.2 Å². The highest BCUT2D eigenvalue weighted by molar-refractivity contribution is 7.89. The number of non-ortho nitro benzene ring substituents is 1. The number of piperazine rings is 1. The smallest absolute Gasteiger partial charge is 0.299 e. The van der Waals surface area contributed by atoms with E-state index in [1.807, 2.05) is 0 Å². The Morgan fingerprint density at radius 1 is 0.966 bits per heavy atom. The second-order valence-corrected chi connectivity index (χ2v) is 8.46. The standard InChI is InChI=1S/C17H18N4O7S/c1-12-2-5-16(22)17(10-12)29(27,28)19-8-6-18(7-9-19)14-4-3-13(20(23)24)11-15(14)21(25)26/h2-5,10-11,22H,6-9H2,1H3. The lowest BCUT2D eigenvalue weighted by Crippen LogP contribution is -2.48. The molecular weight excluding hydrogens is 404 g/mol. The predicted octanol–water partition coefficient (Wildman–Crippen LogP) is 2.03. The molecule has 0 saturated carbocycles. The molecule has 154 valence electrons. The molecule has 1 heterocycles. The Bertz CT molecular complexity index is 1080. The average molecular weight is 422 g/mol. The number of sulfonamides is 1. The maximum atomic E-state index is 12.9. The second-order valence-electron chi connectivity index (χ2n) is 6.55. The highest BCUT2D eigenvalue weighted by Crippen LogP contribution is 2.33. The zero-order valence-corrected chi connectivity index (χ0v) is 16.2. The van der Waals surface area contributed by atoms with Crippen LogP contribution in [0.4, 0.5) is 17.1 Å². The van der Waals surface area contributed by atoms with Crippen LogP contribution in [-0.2, 0) is 10.0 Å². The van der Waals surface area contributed by atoms with Gasteiger partial charge in [-0.05, 0) is 30.7 Å². The Labute approximate surface area is 166 Å². The molecule has 2 aromatic rings. The zero-order chi connectivity index (χ0) is 21.3. The van der Waals surface area contributed by atoms with Crippen LogP contribution in [0.15, 0.2) is 41.3 Å². The third-order valence-corrected chi connectivity index (χ3v) is 6.61. The fourth-order valence-electron chi connectivity index (χ4n) is 3.18. The third kappa shape index (κ3) is 3.98. The molecule has 0 aromatic heterocycles. The van der Waals surface area contributed by atoms with Gasteiger partial charge in [0.2, 0.25) is 10.0 Å². The summed E-state index contributed by atoms with van der Waals surface area (Å²) in [6.45, 7) is 2.12. The number of phenolic OH excluding ortho intramolecular Hbond substituents is 1. The van der Waals surface area contributed by atoms with Gasteiger partial charge < -0.3 is 10.0 Å². The maximum absolute atomic E-state index is 12.9. The molecular formula is C17H18N4O7S. The Balaban J connectivity index is 1.83. The lowest BCUT2D eigenvalue weighted by atomic mass is 10.2. The largest absolute Gasteiger partial charge is 0.507 e. The number of aryl methyl sites for hydroxylation is 1. The third-order valence-electron chi connectivity index (χ3n) is 4.68. The first-order valence-corrected chi connectivity index (χ1v) is 10.0. The van der Waals surface area contributed by atoms with Crippen LogP contribution in [-0.4, -0.2) is 53.9 Å². The van der Waals surface area contributed by atoms with Crippen molar-refractivity contribution in [3.63, 3.8) is 0 Å². The van der Waals surface area contributed by atoms with E-state index in [4.69, 9.17) is 0 Å². The molecule has 3 rings (SSSR count). The van der Waals surface area contributed by atoms with E-state index in [2.05, 4.69) is 0 Å². The van der Waals surface area contributed by atoms with E-state index in [1.54, 1.807) is 17.9 Å². The Hall–Kier alpha value is -3.25. The summed E-state index contributed by atoms with van der Waals surface area (Å²) in [5.41, 5.74) is 0.0704. The molecule has 0 unspecified atom stereocenters. The first-order valence-electron chi connectivity index (χ1n) is 8.59. The molecule has 0 radical (unpaired) electrons. The van der Waals surface area contributed by atoms with Crippen LogP contribution in [0.3, 0.4) is 0 Å². The van der Waals surface area contributed by atoms with E-state index in [-0.39, 0.29) is 42.5 Å². The summed E-state index contributed by atoms with van der Waals surface area (Å²) in [5, 5.41) is 32.2. The minimum Gasteiger partial charge on any atom is -0.507 e. The van der Waals surface area contributed by atoms with Crippen molar-refractivity contribution >= 4 is 27.1 Å². The summed E-state index contributed by atoms with van der Waals surface area (Å²) in [6, 6.07) is 7.67. The van der Waals surface area contributed by atoms with Crippen LogP contribution >= 0.6 is 0 Å². The molecule has 0 aliphatic carbocycles. The first kappa shape index (κ1) is 20.5. The van der Waals surface area contributed by atoms with Crippen molar-refractivity contribution in [2.45, 2.75) is 11.8 Å². The first-order chi connectivity index (χ1) is 13.6. The lowest BCUT2D eigenvalue weighted by molar-refractivity contribution is -0.393. The van der Waals surface area contributed by atoms with Crippen molar-refractivity contribution in [2.24, 2.45) is 0 Å². The predicted molar refractivity (Wildman–Crippen MR) is 104 cm³/mol. The molecule has 0 amide bonds. The Kier molecular flexibility index (Phi) is 5.40. The Morgan fingerprint density at radius 3 is 2.21 bits per heavy atom. The summed E-state index contributed by atoms with van der Waals surface area (Å²) >= 11 is 0. The number of anilines is 1. The van der Waals surface area contributed by atoms with Crippen LogP contribution < -0.4 is 4.90 Å². The number of nitro benzene ring substituents is 2. The van der Waals surface area contributed by atoms with Crippen LogP contribution in [0.25, 0.3) is 0 Å². The highest BCUT2D eigenvalue weighted by Gasteiger charge is 2.32. The normalized spacial score (nSPS) is 15.3. The van der Waals surface area contributed by atoms with Gasteiger partial charge in [0.25, 0.3) is 11.4 Å². The van der Waals surface area contributed by atoms with Gasteiger partial charge in [0.15, 0.2) is 0 Å². The van der Waals surface area contributed by atoms with E-state index in [1.165, 1.54) is 28.6 Å². The maximum Gasteiger partial charge on any atom is 0.299 e. The fourth-order valence-corrected chi connectivity index (χ4v) is 4.76. The molecule has 1 N–H and O–H groups in total. The molecule has 0 atom stereocenters. The summed E-state index contributed by atoms with van der Waals surface area (Å²) in [5.74, 6) is -0.343.